The van der Waals surface area contributed by atoms with Gasteiger partial charge in [-0.15, -0.1) is 11.3 Å². The van der Waals surface area contributed by atoms with E-state index in [2.05, 4.69) is 9.88 Å². The summed E-state index contributed by atoms with van der Waals surface area (Å²) < 4.78 is 28.7. The molecule has 0 N–H and O–H groups in total. The van der Waals surface area contributed by atoms with Gasteiger partial charge in [0.1, 0.15) is 17.5 Å². The third-order valence-electron chi connectivity index (χ3n) is 7.78. The molecule has 0 unspecified atom stereocenters. The molecule has 1 aliphatic rings. The number of ketones is 1. The number of pyridine rings is 1. The Morgan fingerprint density at radius 3 is 2.38 bits per heavy atom. The number of carbonyl (C=O) groups is 2. The number of piperazine rings is 1. The lowest BCUT2D eigenvalue weighted by Gasteiger charge is -2.35. The molecule has 212 valence electrons. The zero-order valence-corrected chi connectivity index (χ0v) is 24.0. The number of nitrogens with zero attached hydrogens (tertiary/aromatic N) is 3. The fourth-order valence-electron chi connectivity index (χ4n) is 5.41. The van der Waals surface area contributed by atoms with Crippen molar-refractivity contribution >= 4 is 38.9 Å². The van der Waals surface area contributed by atoms with E-state index < -0.39 is 0 Å². The Kier molecular flexibility index (Phi) is 7.80. The molecule has 0 bridgehead atoms. The van der Waals surface area contributed by atoms with E-state index in [-0.39, 0.29) is 36.2 Å². The highest BCUT2D eigenvalue weighted by Crippen LogP contribution is 2.35. The first kappa shape index (κ1) is 27.7. The van der Waals surface area contributed by atoms with E-state index in [9.17, 15) is 18.4 Å². The molecule has 0 aliphatic carbocycles. The Bertz CT molecular complexity index is 1780. The van der Waals surface area contributed by atoms with Gasteiger partial charge in [-0.05, 0) is 76.5 Å². The van der Waals surface area contributed by atoms with Crippen LogP contribution >= 0.6 is 11.3 Å². The molecule has 1 saturated heterocycles. The molecule has 2 aromatic heterocycles. The lowest BCUT2D eigenvalue weighted by molar-refractivity contribution is -0.130. The van der Waals surface area contributed by atoms with Crippen molar-refractivity contribution in [2.45, 2.75) is 19.8 Å². The molecule has 0 spiro atoms. The Balaban J connectivity index is 1.08. The van der Waals surface area contributed by atoms with Crippen molar-refractivity contribution in [2.75, 3.05) is 31.1 Å². The molecule has 3 heterocycles. The van der Waals surface area contributed by atoms with Crippen LogP contribution in [0.25, 0.3) is 21.2 Å². The zero-order chi connectivity index (χ0) is 29.2. The molecule has 0 radical (unpaired) electrons. The number of Topliss-reactive ketones (excluding diaryl/α,β-unsaturated/α-hetero) is 1. The Hall–Kier alpha value is -4.43. The molecule has 8 heteroatoms. The second kappa shape index (κ2) is 11.8. The van der Waals surface area contributed by atoms with Crippen LogP contribution in [0.3, 0.4) is 0 Å². The topological polar surface area (TPSA) is 53.5 Å². The summed E-state index contributed by atoms with van der Waals surface area (Å²) in [5.74, 6) is 0.125. The van der Waals surface area contributed by atoms with E-state index in [1.165, 1.54) is 29.5 Å². The number of fused-ring (bicyclic) bond motifs is 1. The van der Waals surface area contributed by atoms with Crippen LogP contribution in [0.2, 0.25) is 0 Å². The fourth-order valence-corrected chi connectivity index (χ4v) is 6.54. The zero-order valence-electron chi connectivity index (χ0n) is 23.1. The summed E-state index contributed by atoms with van der Waals surface area (Å²) >= 11 is 1.48. The second-order valence-corrected chi connectivity index (χ2v) is 11.6. The first-order chi connectivity index (χ1) is 20.4. The average Bonchev–Trinajstić information content (AvgIpc) is 3.34. The van der Waals surface area contributed by atoms with Crippen molar-refractivity contribution in [3.8, 4) is 11.1 Å². The van der Waals surface area contributed by atoms with Crippen molar-refractivity contribution < 1.29 is 18.4 Å². The van der Waals surface area contributed by atoms with Crippen LogP contribution in [-0.2, 0) is 17.6 Å². The molecule has 6 rings (SSSR count). The van der Waals surface area contributed by atoms with E-state index in [1.807, 2.05) is 43.3 Å². The minimum Gasteiger partial charge on any atom is -0.353 e. The summed E-state index contributed by atoms with van der Waals surface area (Å²) in [5.41, 5.74) is 3.90. The smallest absolute Gasteiger partial charge is 0.227 e. The second-order valence-electron chi connectivity index (χ2n) is 10.5. The highest BCUT2D eigenvalue weighted by atomic mass is 32.1. The number of thiophene rings is 1. The lowest BCUT2D eigenvalue weighted by atomic mass is 10.0. The standard InChI is InChI=1S/C34H29F2N3O2S/c1-22-28-19-25(24-6-4-7-27(35)18-24)10-11-31(28)42-34(22)30(40)17-23-9-12-32(37-21-23)38-13-15-39(16-14-38)33(41)20-26-5-2-3-8-29(26)36/h2-12,18-19,21H,13-17,20H2,1H3. The van der Waals surface area contributed by atoms with Crippen LogP contribution in [-0.4, -0.2) is 47.8 Å². The van der Waals surface area contributed by atoms with Gasteiger partial charge in [-0.1, -0.05) is 42.5 Å². The first-order valence-corrected chi connectivity index (χ1v) is 14.7. The van der Waals surface area contributed by atoms with Gasteiger partial charge in [0.05, 0.1) is 11.3 Å². The molecule has 5 aromatic rings. The Morgan fingerprint density at radius 2 is 1.64 bits per heavy atom. The molecule has 5 nitrogen and oxygen atoms in total. The molecule has 1 aliphatic heterocycles. The normalized spacial score (nSPS) is 13.5. The monoisotopic (exact) mass is 581 g/mol. The number of hydrogen-bond acceptors (Lipinski definition) is 5. The van der Waals surface area contributed by atoms with Crippen LogP contribution in [0.15, 0.2) is 85.1 Å². The van der Waals surface area contributed by atoms with Gasteiger partial charge in [-0.25, -0.2) is 13.8 Å². The predicted octanol–water partition coefficient (Wildman–Crippen LogP) is 6.87. The van der Waals surface area contributed by atoms with Crippen molar-refractivity contribution in [1.82, 2.24) is 9.88 Å². The lowest BCUT2D eigenvalue weighted by Crippen LogP contribution is -2.49. The van der Waals surface area contributed by atoms with Gasteiger partial charge in [0.25, 0.3) is 0 Å². The molecular formula is C34H29F2N3O2S. The van der Waals surface area contributed by atoms with Crippen molar-refractivity contribution in [3.63, 3.8) is 0 Å². The summed E-state index contributed by atoms with van der Waals surface area (Å²) in [7, 11) is 0. The number of halogens is 2. The van der Waals surface area contributed by atoms with Gasteiger partial charge in [-0.2, -0.15) is 0 Å². The molecule has 42 heavy (non-hydrogen) atoms. The van der Waals surface area contributed by atoms with Crippen LogP contribution in [0, 0.1) is 18.6 Å². The summed E-state index contributed by atoms with van der Waals surface area (Å²) in [4.78, 5) is 35.2. The third-order valence-corrected chi connectivity index (χ3v) is 9.09. The number of carbonyl (C=O) groups excluding carboxylic acids is 2. The maximum atomic E-state index is 13.9. The maximum absolute atomic E-state index is 13.9. The van der Waals surface area contributed by atoms with Crippen molar-refractivity contribution in [2.24, 2.45) is 0 Å². The molecular weight excluding hydrogens is 552 g/mol. The number of aromatic nitrogens is 1. The summed E-state index contributed by atoms with van der Waals surface area (Å²) in [6, 6.07) is 22.7. The minimum absolute atomic E-state index is 0.0394. The van der Waals surface area contributed by atoms with Gasteiger partial charge in [-0.3, -0.25) is 9.59 Å². The Morgan fingerprint density at radius 1 is 0.857 bits per heavy atom. The van der Waals surface area contributed by atoms with Gasteiger partial charge in [0.15, 0.2) is 5.78 Å². The van der Waals surface area contributed by atoms with Crippen LogP contribution in [0.1, 0.15) is 26.4 Å². The number of rotatable bonds is 7. The molecule has 0 saturated carbocycles. The average molecular weight is 582 g/mol. The molecule has 1 amide bonds. The SMILES string of the molecule is Cc1c(C(=O)Cc2ccc(N3CCN(C(=O)Cc4ccccc4F)CC3)nc2)sc2ccc(-c3cccc(F)c3)cc12. The van der Waals surface area contributed by atoms with Gasteiger partial charge in [0, 0.05) is 43.5 Å². The third kappa shape index (κ3) is 5.81. The van der Waals surface area contributed by atoms with E-state index >= 15 is 0 Å². The van der Waals surface area contributed by atoms with Crippen molar-refractivity contribution in [3.05, 3.63) is 118 Å². The molecule has 3 aromatic carbocycles. The van der Waals surface area contributed by atoms with E-state index in [0.29, 0.717) is 31.7 Å². The highest BCUT2D eigenvalue weighted by Gasteiger charge is 2.23. The summed E-state index contributed by atoms with van der Waals surface area (Å²) in [6.07, 6.45) is 2.05. The van der Waals surface area contributed by atoms with E-state index in [0.717, 1.165) is 43.0 Å². The number of benzene rings is 3. The number of amides is 1. The molecule has 1 fully saturated rings. The summed E-state index contributed by atoms with van der Waals surface area (Å²) in [5, 5.41) is 1.00. The van der Waals surface area contributed by atoms with Crippen LogP contribution < -0.4 is 4.90 Å². The summed E-state index contributed by atoms with van der Waals surface area (Å²) in [6.45, 7) is 4.31. The van der Waals surface area contributed by atoms with Gasteiger partial charge in [0.2, 0.25) is 5.91 Å². The maximum Gasteiger partial charge on any atom is 0.227 e. The largest absolute Gasteiger partial charge is 0.353 e. The van der Waals surface area contributed by atoms with Crippen LogP contribution in [0.5, 0.6) is 0 Å². The number of anilines is 1. The quantitative estimate of drug-likeness (QED) is 0.197. The first-order valence-electron chi connectivity index (χ1n) is 13.9. The number of aryl methyl sites for hydroxylation is 1. The van der Waals surface area contributed by atoms with Gasteiger partial charge < -0.3 is 9.80 Å². The Labute approximate surface area is 247 Å². The highest BCUT2D eigenvalue weighted by molar-refractivity contribution is 7.21. The fraction of sp³-hybridized carbons (Fsp3) is 0.206. The van der Waals surface area contributed by atoms with Crippen LogP contribution in [0.4, 0.5) is 14.6 Å². The predicted molar refractivity (Wildman–Crippen MR) is 163 cm³/mol. The minimum atomic E-state index is -0.357. The molecule has 0 atom stereocenters. The van der Waals surface area contributed by atoms with E-state index in [1.54, 1.807) is 35.4 Å². The van der Waals surface area contributed by atoms with Gasteiger partial charge >= 0.3 is 0 Å². The van der Waals surface area contributed by atoms with E-state index in [4.69, 9.17) is 0 Å². The number of hydrogen-bond donors (Lipinski definition) is 0. The van der Waals surface area contributed by atoms with Crippen molar-refractivity contribution in [1.29, 1.82) is 0 Å².